The number of amides is 1. The molecule has 0 unspecified atom stereocenters. The van der Waals surface area contributed by atoms with Crippen LogP contribution in [0.4, 0.5) is 16.5 Å². The van der Waals surface area contributed by atoms with Crippen LogP contribution in [-0.4, -0.2) is 34.1 Å². The summed E-state index contributed by atoms with van der Waals surface area (Å²) in [5.74, 6) is 0.939. The van der Waals surface area contributed by atoms with E-state index in [1.807, 2.05) is 60.8 Å². The third kappa shape index (κ3) is 7.88. The highest BCUT2D eigenvalue weighted by molar-refractivity contribution is 8.00. The number of carbonyl (C=O) groups is 2. The van der Waals surface area contributed by atoms with Crippen molar-refractivity contribution >= 4 is 68.6 Å². The summed E-state index contributed by atoms with van der Waals surface area (Å²) in [5.41, 5.74) is 3.99. The minimum atomic E-state index is -0.132. The number of hydrogen-bond donors (Lipinski definition) is 3. The molecule has 0 aliphatic rings. The van der Waals surface area contributed by atoms with Crippen LogP contribution in [0, 0.1) is 0 Å². The van der Waals surface area contributed by atoms with Gasteiger partial charge in [-0.3, -0.25) is 9.59 Å². The molecule has 10 heteroatoms. The first-order chi connectivity index (χ1) is 18.4. The smallest absolute Gasteiger partial charge is 0.236 e. The molecule has 3 N–H and O–H groups in total. The highest BCUT2D eigenvalue weighted by Crippen LogP contribution is 2.27. The fourth-order valence-electron chi connectivity index (χ4n) is 3.40. The van der Waals surface area contributed by atoms with Gasteiger partial charge in [0, 0.05) is 32.8 Å². The second-order valence-corrected chi connectivity index (χ2v) is 10.4. The van der Waals surface area contributed by atoms with E-state index in [0.29, 0.717) is 22.4 Å². The van der Waals surface area contributed by atoms with Gasteiger partial charge >= 0.3 is 0 Å². The number of hydrogen-bond acceptors (Lipinski definition) is 7. The molecule has 0 aliphatic heterocycles. The van der Waals surface area contributed by atoms with Crippen molar-refractivity contribution in [3.8, 4) is 17.0 Å². The summed E-state index contributed by atoms with van der Waals surface area (Å²) in [7, 11) is 0. The number of rotatable bonds is 10. The van der Waals surface area contributed by atoms with Crippen LogP contribution in [0.1, 0.15) is 24.2 Å². The number of thiazole rings is 1. The predicted octanol–water partition coefficient (Wildman–Crippen LogP) is 6.95. The molecule has 0 saturated heterocycles. The number of carbonyl (C=O) groups excluding carboxylic acids is 2. The molecule has 38 heavy (non-hydrogen) atoms. The van der Waals surface area contributed by atoms with Crippen LogP contribution in [0.3, 0.4) is 0 Å². The lowest BCUT2D eigenvalue weighted by molar-refractivity contribution is -0.113. The molecule has 0 saturated carbocycles. The van der Waals surface area contributed by atoms with Crippen molar-refractivity contribution < 1.29 is 14.3 Å². The Morgan fingerprint density at radius 3 is 2.42 bits per heavy atom. The molecule has 0 spiro atoms. The zero-order chi connectivity index (χ0) is 26.9. The number of nitrogens with one attached hydrogen (secondary N) is 3. The number of aromatic nitrogens is 1. The van der Waals surface area contributed by atoms with Gasteiger partial charge in [-0.05, 0) is 92.8 Å². The Balaban J connectivity index is 1.26. The molecule has 1 aromatic heterocycles. The van der Waals surface area contributed by atoms with E-state index in [1.54, 1.807) is 24.3 Å². The summed E-state index contributed by atoms with van der Waals surface area (Å²) in [5, 5.41) is 12.0. The van der Waals surface area contributed by atoms with Crippen molar-refractivity contribution in [1.82, 2.24) is 4.98 Å². The molecule has 1 amide bonds. The Morgan fingerprint density at radius 1 is 0.974 bits per heavy atom. The van der Waals surface area contributed by atoms with Crippen molar-refractivity contribution in [2.75, 3.05) is 28.3 Å². The Labute approximate surface area is 235 Å². The molecule has 194 valence electrons. The maximum atomic E-state index is 12.5. The van der Waals surface area contributed by atoms with Crippen LogP contribution in [0.5, 0.6) is 5.75 Å². The van der Waals surface area contributed by atoms with Gasteiger partial charge in [0.1, 0.15) is 5.75 Å². The van der Waals surface area contributed by atoms with Crippen molar-refractivity contribution in [3.63, 3.8) is 0 Å². The molecule has 0 radical (unpaired) electrons. The molecule has 0 atom stereocenters. The molecule has 0 bridgehead atoms. The second-order valence-electron chi connectivity index (χ2n) is 8.07. The molecule has 0 aliphatic carbocycles. The summed E-state index contributed by atoms with van der Waals surface area (Å²) in [4.78, 5) is 29.4. The first kappa shape index (κ1) is 27.3. The Morgan fingerprint density at radius 2 is 1.71 bits per heavy atom. The van der Waals surface area contributed by atoms with Crippen molar-refractivity contribution in [2.45, 2.75) is 18.7 Å². The van der Waals surface area contributed by atoms with Gasteiger partial charge in [-0.1, -0.05) is 6.07 Å². The summed E-state index contributed by atoms with van der Waals surface area (Å²) >= 11 is 8.22. The van der Waals surface area contributed by atoms with Gasteiger partial charge in [0.2, 0.25) is 5.91 Å². The average molecular weight is 563 g/mol. The number of nitrogens with zero attached hydrogens (tertiary/aromatic N) is 1. The Kier molecular flexibility index (Phi) is 9.47. The van der Waals surface area contributed by atoms with Crippen LogP contribution in [0.15, 0.2) is 83.1 Å². The maximum Gasteiger partial charge on any atom is 0.236 e. The largest absolute Gasteiger partial charge is 0.494 e. The molecule has 4 rings (SSSR count). The fraction of sp³-hybridized carbons (Fsp3) is 0.143. The Hall–Kier alpha value is -3.73. The minimum absolute atomic E-state index is 0.0144. The standard InChI is InChI=1S/C28H26N4O3S3/c1-3-35-23-13-9-20(10-14-23)25-16-38-28(31-25)32-26(34)17-37-24-6-4-5-22(15-24)30-27(36)29-21-11-7-19(8-12-21)18(2)33/h4-16H,3,17H2,1-2H3,(H2,29,30,36)(H,31,32,34). The lowest BCUT2D eigenvalue weighted by atomic mass is 10.1. The number of Topliss-reactive ketones (excluding diaryl/α,β-unsaturated/α-hetero) is 1. The van der Waals surface area contributed by atoms with Crippen LogP contribution >= 0.6 is 35.3 Å². The highest BCUT2D eigenvalue weighted by atomic mass is 32.2. The van der Waals surface area contributed by atoms with E-state index < -0.39 is 0 Å². The summed E-state index contributed by atoms with van der Waals surface area (Å²) in [6.45, 7) is 4.10. The van der Waals surface area contributed by atoms with E-state index in [4.69, 9.17) is 17.0 Å². The molecule has 0 fully saturated rings. The third-order valence-corrected chi connectivity index (χ3v) is 7.18. The number of ketones is 1. The van der Waals surface area contributed by atoms with Crippen LogP contribution in [0.25, 0.3) is 11.3 Å². The molecular formula is C28H26N4O3S3. The number of ether oxygens (including phenoxy) is 1. The maximum absolute atomic E-state index is 12.5. The van der Waals surface area contributed by atoms with Gasteiger partial charge in [0.25, 0.3) is 0 Å². The predicted molar refractivity (Wildman–Crippen MR) is 161 cm³/mol. The summed E-state index contributed by atoms with van der Waals surface area (Å²) in [6, 6.07) is 22.5. The zero-order valence-electron chi connectivity index (χ0n) is 20.8. The van der Waals surface area contributed by atoms with Gasteiger partial charge in [0.05, 0.1) is 18.1 Å². The van der Waals surface area contributed by atoms with E-state index in [1.165, 1.54) is 30.0 Å². The first-order valence-corrected chi connectivity index (χ1v) is 14.1. The monoisotopic (exact) mass is 562 g/mol. The Bertz CT molecular complexity index is 1420. The fourth-order valence-corrected chi connectivity index (χ4v) is 5.13. The van der Waals surface area contributed by atoms with E-state index in [-0.39, 0.29) is 17.4 Å². The second kappa shape index (κ2) is 13.2. The molecule has 4 aromatic rings. The molecule has 3 aromatic carbocycles. The van der Waals surface area contributed by atoms with Crippen molar-refractivity contribution in [3.05, 3.63) is 83.7 Å². The number of anilines is 3. The SMILES string of the molecule is CCOc1ccc(-c2csc(NC(=O)CSc3cccc(NC(=S)Nc4ccc(C(C)=O)cc4)c3)n2)cc1. The quantitative estimate of drug-likeness (QED) is 0.109. The van der Waals surface area contributed by atoms with E-state index in [9.17, 15) is 9.59 Å². The lowest BCUT2D eigenvalue weighted by Gasteiger charge is -2.12. The zero-order valence-corrected chi connectivity index (χ0v) is 23.3. The van der Waals surface area contributed by atoms with E-state index in [0.717, 1.165) is 33.3 Å². The van der Waals surface area contributed by atoms with Crippen molar-refractivity contribution in [2.24, 2.45) is 0 Å². The van der Waals surface area contributed by atoms with E-state index >= 15 is 0 Å². The summed E-state index contributed by atoms with van der Waals surface area (Å²) < 4.78 is 5.48. The minimum Gasteiger partial charge on any atom is -0.494 e. The highest BCUT2D eigenvalue weighted by Gasteiger charge is 2.10. The number of thioether (sulfide) groups is 1. The van der Waals surface area contributed by atoms with E-state index in [2.05, 4.69) is 20.9 Å². The third-order valence-electron chi connectivity index (χ3n) is 5.22. The van der Waals surface area contributed by atoms with Crippen LogP contribution in [0.2, 0.25) is 0 Å². The van der Waals surface area contributed by atoms with Crippen molar-refractivity contribution in [1.29, 1.82) is 0 Å². The van der Waals surface area contributed by atoms with Gasteiger partial charge in [-0.15, -0.1) is 23.1 Å². The number of benzene rings is 3. The molecule has 1 heterocycles. The van der Waals surface area contributed by atoms with Crippen LogP contribution in [-0.2, 0) is 4.79 Å². The van der Waals surface area contributed by atoms with Gasteiger partial charge in [-0.25, -0.2) is 4.98 Å². The average Bonchev–Trinajstić information content (AvgIpc) is 3.37. The lowest BCUT2D eigenvalue weighted by Crippen LogP contribution is -2.19. The molecular weight excluding hydrogens is 537 g/mol. The van der Waals surface area contributed by atoms with Gasteiger partial charge < -0.3 is 20.7 Å². The van der Waals surface area contributed by atoms with Gasteiger partial charge in [0.15, 0.2) is 16.0 Å². The first-order valence-electron chi connectivity index (χ1n) is 11.8. The summed E-state index contributed by atoms with van der Waals surface area (Å²) in [6.07, 6.45) is 0. The topological polar surface area (TPSA) is 92.4 Å². The molecule has 7 nitrogen and oxygen atoms in total. The number of thiocarbonyl (C=S) groups is 1. The normalized spacial score (nSPS) is 10.5. The van der Waals surface area contributed by atoms with Gasteiger partial charge in [-0.2, -0.15) is 0 Å². The van der Waals surface area contributed by atoms with Crippen LogP contribution < -0.4 is 20.7 Å².